The van der Waals surface area contributed by atoms with Crippen molar-refractivity contribution in [1.29, 1.82) is 0 Å². The van der Waals surface area contributed by atoms with Crippen molar-refractivity contribution in [2.45, 2.75) is 13.0 Å². The topological polar surface area (TPSA) is 90.1 Å². The lowest BCUT2D eigenvalue weighted by Crippen LogP contribution is -2.52. The second-order valence-electron chi connectivity index (χ2n) is 6.72. The lowest BCUT2D eigenvalue weighted by Gasteiger charge is -2.34. The van der Waals surface area contributed by atoms with Gasteiger partial charge in [-0.1, -0.05) is 6.07 Å². The lowest BCUT2D eigenvalue weighted by atomic mass is 10.1. The van der Waals surface area contributed by atoms with Crippen LogP contribution in [0.15, 0.2) is 48.8 Å². The summed E-state index contributed by atoms with van der Waals surface area (Å²) in [5.41, 5.74) is 3.31. The Morgan fingerprint density at radius 3 is 2.76 bits per heavy atom. The number of piperazine rings is 1. The predicted octanol–water partition coefficient (Wildman–Crippen LogP) is 3.09. The Labute approximate surface area is 181 Å². The third-order valence-corrected chi connectivity index (χ3v) is 4.81. The van der Waals surface area contributed by atoms with E-state index in [1.165, 1.54) is 0 Å². The first kappa shape index (κ1) is 22.7. The molecule has 1 atom stereocenters. The standard InChI is InChI=1S/C20H21N5O2.2ClH/c1-13-11-21-7-8-25(13)20(27)15-3-2-4-16(9-15)24-19(26)14-5-6-17-18(10-14)23-12-22-17;;/h2-6,9-10,12-13,21H,7-8,11H2,1H3,(H,22,23)(H,24,26);2*1H/t13-;;/m1../s1. The van der Waals surface area contributed by atoms with Gasteiger partial charge in [0.05, 0.1) is 17.4 Å². The number of rotatable bonds is 3. The van der Waals surface area contributed by atoms with Gasteiger partial charge in [0.2, 0.25) is 0 Å². The van der Waals surface area contributed by atoms with Gasteiger partial charge in [-0.05, 0) is 43.3 Å². The van der Waals surface area contributed by atoms with Crippen LogP contribution in [0.5, 0.6) is 0 Å². The molecule has 1 fully saturated rings. The largest absolute Gasteiger partial charge is 0.345 e. The number of benzene rings is 2. The van der Waals surface area contributed by atoms with E-state index >= 15 is 0 Å². The van der Waals surface area contributed by atoms with Gasteiger partial charge in [-0.2, -0.15) is 0 Å². The zero-order chi connectivity index (χ0) is 18.8. The summed E-state index contributed by atoms with van der Waals surface area (Å²) < 4.78 is 0. The quantitative estimate of drug-likeness (QED) is 0.589. The Kier molecular flexibility index (Phi) is 7.61. The smallest absolute Gasteiger partial charge is 0.255 e. The van der Waals surface area contributed by atoms with E-state index in [9.17, 15) is 9.59 Å². The summed E-state index contributed by atoms with van der Waals surface area (Å²) in [7, 11) is 0. The number of aromatic nitrogens is 2. The van der Waals surface area contributed by atoms with Gasteiger partial charge in [0.15, 0.2) is 0 Å². The Bertz CT molecular complexity index is 1010. The lowest BCUT2D eigenvalue weighted by molar-refractivity contribution is 0.0655. The third kappa shape index (κ3) is 4.87. The molecule has 0 bridgehead atoms. The normalized spacial score (nSPS) is 15.9. The number of carbonyl (C=O) groups excluding carboxylic acids is 2. The van der Waals surface area contributed by atoms with Gasteiger partial charge in [-0.15, -0.1) is 24.8 Å². The Balaban J connectivity index is 0.00000150. The zero-order valence-corrected chi connectivity index (χ0v) is 17.5. The summed E-state index contributed by atoms with van der Waals surface area (Å²) in [4.78, 5) is 34.4. The van der Waals surface area contributed by atoms with Crippen molar-refractivity contribution >= 4 is 53.3 Å². The summed E-state index contributed by atoms with van der Waals surface area (Å²) >= 11 is 0. The van der Waals surface area contributed by atoms with E-state index in [0.717, 1.165) is 24.1 Å². The molecule has 4 rings (SSSR count). The monoisotopic (exact) mass is 435 g/mol. The number of fused-ring (bicyclic) bond motifs is 1. The molecule has 0 spiro atoms. The summed E-state index contributed by atoms with van der Waals surface area (Å²) in [6.07, 6.45) is 1.60. The highest BCUT2D eigenvalue weighted by atomic mass is 35.5. The van der Waals surface area contributed by atoms with Crippen LogP contribution in [-0.4, -0.2) is 52.4 Å². The molecule has 1 aromatic heterocycles. The van der Waals surface area contributed by atoms with Gasteiger partial charge in [0.1, 0.15) is 0 Å². The predicted molar refractivity (Wildman–Crippen MR) is 118 cm³/mol. The van der Waals surface area contributed by atoms with E-state index in [1.807, 2.05) is 11.8 Å². The fourth-order valence-corrected chi connectivity index (χ4v) is 3.32. The second-order valence-corrected chi connectivity index (χ2v) is 6.72. The van der Waals surface area contributed by atoms with Gasteiger partial charge >= 0.3 is 0 Å². The molecule has 3 aromatic rings. The van der Waals surface area contributed by atoms with Crippen LogP contribution in [0.2, 0.25) is 0 Å². The number of halogens is 2. The fourth-order valence-electron chi connectivity index (χ4n) is 3.32. The number of H-pyrrole nitrogens is 1. The summed E-state index contributed by atoms with van der Waals surface area (Å²) in [6, 6.07) is 12.5. The van der Waals surface area contributed by atoms with Crippen molar-refractivity contribution in [2.24, 2.45) is 0 Å². The molecule has 0 saturated carbocycles. The zero-order valence-electron chi connectivity index (χ0n) is 15.8. The molecular formula is C20H23Cl2N5O2. The highest BCUT2D eigenvalue weighted by Crippen LogP contribution is 2.17. The van der Waals surface area contributed by atoms with Gasteiger partial charge in [-0.25, -0.2) is 4.98 Å². The average molecular weight is 436 g/mol. The van der Waals surface area contributed by atoms with E-state index in [-0.39, 0.29) is 42.7 Å². The Morgan fingerprint density at radius 1 is 1.14 bits per heavy atom. The third-order valence-electron chi connectivity index (χ3n) is 4.81. The van der Waals surface area contributed by atoms with Crippen molar-refractivity contribution in [1.82, 2.24) is 20.2 Å². The molecule has 2 amide bonds. The molecule has 29 heavy (non-hydrogen) atoms. The number of anilines is 1. The van der Waals surface area contributed by atoms with Gasteiger partial charge in [0, 0.05) is 42.5 Å². The van der Waals surface area contributed by atoms with Crippen LogP contribution in [0.25, 0.3) is 11.0 Å². The average Bonchev–Trinajstić information content (AvgIpc) is 3.16. The molecule has 3 N–H and O–H groups in total. The van der Waals surface area contributed by atoms with E-state index < -0.39 is 0 Å². The first-order valence-corrected chi connectivity index (χ1v) is 8.98. The summed E-state index contributed by atoms with van der Waals surface area (Å²) in [5.74, 6) is -0.245. The van der Waals surface area contributed by atoms with Gasteiger partial charge < -0.3 is 20.5 Å². The van der Waals surface area contributed by atoms with Crippen molar-refractivity contribution in [3.05, 3.63) is 59.9 Å². The SMILES string of the molecule is C[C@@H]1CNCCN1C(=O)c1cccc(NC(=O)c2ccc3nc[nH]c3c2)c1.Cl.Cl. The van der Waals surface area contributed by atoms with E-state index in [1.54, 1.807) is 48.8 Å². The highest BCUT2D eigenvalue weighted by molar-refractivity contribution is 6.06. The van der Waals surface area contributed by atoms with E-state index in [4.69, 9.17) is 0 Å². The first-order chi connectivity index (χ1) is 13.1. The maximum atomic E-state index is 12.8. The maximum absolute atomic E-state index is 12.8. The minimum Gasteiger partial charge on any atom is -0.345 e. The first-order valence-electron chi connectivity index (χ1n) is 8.98. The van der Waals surface area contributed by atoms with Crippen molar-refractivity contribution in [3.8, 4) is 0 Å². The molecule has 1 aliphatic rings. The molecule has 1 saturated heterocycles. The second kappa shape index (κ2) is 9.73. The number of aromatic amines is 1. The molecule has 2 heterocycles. The number of carbonyl (C=O) groups is 2. The molecule has 9 heteroatoms. The van der Waals surface area contributed by atoms with Crippen LogP contribution < -0.4 is 10.6 Å². The fraction of sp³-hybridized carbons (Fsp3) is 0.250. The van der Waals surface area contributed by atoms with Crippen LogP contribution in [-0.2, 0) is 0 Å². The molecule has 0 unspecified atom stereocenters. The molecule has 154 valence electrons. The number of hydrogen-bond donors (Lipinski definition) is 3. The number of nitrogens with one attached hydrogen (secondary N) is 3. The number of nitrogens with zero attached hydrogens (tertiary/aromatic N) is 2. The van der Waals surface area contributed by atoms with Crippen molar-refractivity contribution in [3.63, 3.8) is 0 Å². The van der Waals surface area contributed by atoms with Crippen LogP contribution in [0, 0.1) is 0 Å². The highest BCUT2D eigenvalue weighted by Gasteiger charge is 2.24. The molecule has 2 aromatic carbocycles. The molecule has 7 nitrogen and oxygen atoms in total. The summed E-state index contributed by atoms with van der Waals surface area (Å²) in [6.45, 7) is 4.29. The molecule has 1 aliphatic heterocycles. The molecule has 0 aliphatic carbocycles. The van der Waals surface area contributed by atoms with Crippen LogP contribution in [0.4, 0.5) is 5.69 Å². The van der Waals surface area contributed by atoms with E-state index in [0.29, 0.717) is 23.4 Å². The molecular weight excluding hydrogens is 413 g/mol. The van der Waals surface area contributed by atoms with Crippen LogP contribution >= 0.6 is 24.8 Å². The molecule has 0 radical (unpaired) electrons. The number of imidazole rings is 1. The van der Waals surface area contributed by atoms with E-state index in [2.05, 4.69) is 20.6 Å². The number of hydrogen-bond acceptors (Lipinski definition) is 4. The Hall–Kier alpha value is -2.61. The van der Waals surface area contributed by atoms with Gasteiger partial charge in [0.25, 0.3) is 11.8 Å². The van der Waals surface area contributed by atoms with Crippen molar-refractivity contribution < 1.29 is 9.59 Å². The van der Waals surface area contributed by atoms with Crippen LogP contribution in [0.1, 0.15) is 27.6 Å². The van der Waals surface area contributed by atoms with Crippen molar-refractivity contribution in [2.75, 3.05) is 25.0 Å². The maximum Gasteiger partial charge on any atom is 0.255 e. The minimum atomic E-state index is -0.230. The number of amides is 2. The Morgan fingerprint density at radius 2 is 1.97 bits per heavy atom. The van der Waals surface area contributed by atoms with Crippen LogP contribution in [0.3, 0.4) is 0 Å². The minimum absolute atomic E-state index is 0. The van der Waals surface area contributed by atoms with Gasteiger partial charge in [-0.3, -0.25) is 9.59 Å². The summed E-state index contributed by atoms with van der Waals surface area (Å²) in [5, 5.41) is 6.15.